The molecule has 0 fully saturated rings. The number of benzene rings is 1. The van der Waals surface area contributed by atoms with Gasteiger partial charge in [0.1, 0.15) is 0 Å². The second-order valence-corrected chi connectivity index (χ2v) is 5.37. The minimum absolute atomic E-state index is 0.0753. The zero-order valence-electron chi connectivity index (χ0n) is 11.7. The Morgan fingerprint density at radius 3 is 2.74 bits per heavy atom. The molecule has 0 saturated carbocycles. The van der Waals surface area contributed by atoms with E-state index < -0.39 is 0 Å². The van der Waals surface area contributed by atoms with Crippen LogP contribution in [0.25, 0.3) is 0 Å². The van der Waals surface area contributed by atoms with Gasteiger partial charge in [-0.15, -0.1) is 0 Å². The number of rotatable bonds is 3. The summed E-state index contributed by atoms with van der Waals surface area (Å²) in [5, 5.41) is 8.97. The zero-order chi connectivity index (χ0) is 14.0. The van der Waals surface area contributed by atoms with E-state index in [9.17, 15) is 4.79 Å². The standard InChI is InChI=1S/C15H19N3O/c1-11(2)6-7-18-10-15(19)17(3)14-8-12(9-16)4-5-13(14)18/h4-5,8,11H,6-7,10H2,1-3H3. The fraction of sp³-hybridized carbons (Fsp3) is 0.467. The Bertz CT molecular complexity index is 531. The molecule has 1 aliphatic heterocycles. The number of anilines is 2. The Morgan fingerprint density at radius 1 is 1.37 bits per heavy atom. The number of hydrogen-bond donors (Lipinski definition) is 0. The van der Waals surface area contributed by atoms with Crippen molar-refractivity contribution < 1.29 is 4.79 Å². The van der Waals surface area contributed by atoms with Crippen molar-refractivity contribution in [3.63, 3.8) is 0 Å². The van der Waals surface area contributed by atoms with Crippen LogP contribution in [-0.2, 0) is 4.79 Å². The van der Waals surface area contributed by atoms with Gasteiger partial charge < -0.3 is 9.80 Å². The van der Waals surface area contributed by atoms with E-state index in [2.05, 4.69) is 24.8 Å². The molecule has 2 rings (SSSR count). The number of fused-ring (bicyclic) bond motifs is 1. The summed E-state index contributed by atoms with van der Waals surface area (Å²) in [5.41, 5.74) is 2.46. The van der Waals surface area contributed by atoms with Gasteiger partial charge in [0, 0.05) is 13.6 Å². The molecule has 0 spiro atoms. The summed E-state index contributed by atoms with van der Waals surface area (Å²) in [4.78, 5) is 15.8. The average molecular weight is 257 g/mol. The first-order chi connectivity index (χ1) is 9.02. The van der Waals surface area contributed by atoms with Crippen LogP contribution in [0.1, 0.15) is 25.8 Å². The summed E-state index contributed by atoms with van der Waals surface area (Å²) in [5.74, 6) is 0.683. The van der Waals surface area contributed by atoms with Gasteiger partial charge in [-0.3, -0.25) is 4.79 Å². The largest absolute Gasteiger partial charge is 0.361 e. The van der Waals surface area contributed by atoms with Crippen molar-refractivity contribution in [3.8, 4) is 6.07 Å². The molecule has 1 amide bonds. The SMILES string of the molecule is CC(C)CCN1CC(=O)N(C)c2cc(C#N)ccc21. The summed E-state index contributed by atoms with van der Waals surface area (Å²) in [6.07, 6.45) is 1.05. The van der Waals surface area contributed by atoms with Gasteiger partial charge in [-0.25, -0.2) is 0 Å². The van der Waals surface area contributed by atoms with Crippen LogP contribution < -0.4 is 9.80 Å². The van der Waals surface area contributed by atoms with E-state index in [1.165, 1.54) is 0 Å². The highest BCUT2D eigenvalue weighted by atomic mass is 16.2. The zero-order valence-corrected chi connectivity index (χ0v) is 11.7. The molecular weight excluding hydrogens is 238 g/mol. The van der Waals surface area contributed by atoms with Crippen molar-refractivity contribution in [2.45, 2.75) is 20.3 Å². The maximum atomic E-state index is 12.0. The number of hydrogen-bond acceptors (Lipinski definition) is 3. The van der Waals surface area contributed by atoms with Crippen LogP contribution in [0.15, 0.2) is 18.2 Å². The van der Waals surface area contributed by atoms with Crippen molar-refractivity contribution >= 4 is 17.3 Å². The van der Waals surface area contributed by atoms with E-state index in [-0.39, 0.29) is 5.91 Å². The lowest BCUT2D eigenvalue weighted by molar-refractivity contribution is -0.117. The lowest BCUT2D eigenvalue weighted by atomic mass is 10.1. The maximum absolute atomic E-state index is 12.0. The van der Waals surface area contributed by atoms with Gasteiger partial charge in [0.05, 0.1) is 29.6 Å². The predicted octanol–water partition coefficient (Wildman–Crippen LogP) is 2.39. The maximum Gasteiger partial charge on any atom is 0.246 e. The molecule has 19 heavy (non-hydrogen) atoms. The van der Waals surface area contributed by atoms with Gasteiger partial charge in [-0.1, -0.05) is 13.8 Å². The minimum Gasteiger partial charge on any atom is -0.361 e. The quantitative estimate of drug-likeness (QED) is 0.835. The van der Waals surface area contributed by atoms with Gasteiger partial charge in [0.15, 0.2) is 0 Å². The Hall–Kier alpha value is -2.02. The lowest BCUT2D eigenvalue weighted by Crippen LogP contribution is -2.44. The average Bonchev–Trinajstić information content (AvgIpc) is 2.40. The van der Waals surface area contributed by atoms with Crippen molar-refractivity contribution in [3.05, 3.63) is 23.8 Å². The highest BCUT2D eigenvalue weighted by Gasteiger charge is 2.26. The van der Waals surface area contributed by atoms with Crippen LogP contribution in [0, 0.1) is 17.2 Å². The second kappa shape index (κ2) is 5.31. The van der Waals surface area contributed by atoms with Gasteiger partial charge in [-0.05, 0) is 30.5 Å². The second-order valence-electron chi connectivity index (χ2n) is 5.37. The molecule has 4 nitrogen and oxygen atoms in total. The predicted molar refractivity (Wildman–Crippen MR) is 76.2 cm³/mol. The van der Waals surface area contributed by atoms with Gasteiger partial charge in [0.25, 0.3) is 0 Å². The first-order valence-corrected chi connectivity index (χ1v) is 6.58. The van der Waals surface area contributed by atoms with Crippen molar-refractivity contribution in [2.24, 2.45) is 5.92 Å². The Labute approximate surface area is 114 Å². The number of carbonyl (C=O) groups is 1. The summed E-state index contributed by atoms with van der Waals surface area (Å²) in [6, 6.07) is 7.66. The summed E-state index contributed by atoms with van der Waals surface area (Å²) < 4.78 is 0. The molecule has 0 bridgehead atoms. The monoisotopic (exact) mass is 257 g/mol. The molecule has 1 aliphatic rings. The molecule has 0 unspecified atom stereocenters. The lowest BCUT2D eigenvalue weighted by Gasteiger charge is -2.36. The molecule has 1 aromatic carbocycles. The fourth-order valence-corrected chi connectivity index (χ4v) is 2.23. The van der Waals surface area contributed by atoms with Crippen LogP contribution in [-0.4, -0.2) is 26.0 Å². The van der Waals surface area contributed by atoms with E-state index in [0.29, 0.717) is 18.0 Å². The Balaban J connectivity index is 2.34. The van der Waals surface area contributed by atoms with Gasteiger partial charge >= 0.3 is 0 Å². The smallest absolute Gasteiger partial charge is 0.246 e. The number of amides is 1. The number of nitriles is 1. The Kier molecular flexibility index (Phi) is 3.75. The van der Waals surface area contributed by atoms with Crippen LogP contribution >= 0.6 is 0 Å². The van der Waals surface area contributed by atoms with E-state index in [1.807, 2.05) is 12.1 Å². The molecule has 1 heterocycles. The highest BCUT2D eigenvalue weighted by molar-refractivity contribution is 6.03. The van der Waals surface area contributed by atoms with Crippen molar-refractivity contribution in [2.75, 3.05) is 29.9 Å². The summed E-state index contributed by atoms with van der Waals surface area (Å²) in [6.45, 7) is 5.65. The van der Waals surface area contributed by atoms with Crippen LogP contribution in [0.4, 0.5) is 11.4 Å². The molecule has 0 radical (unpaired) electrons. The third kappa shape index (κ3) is 2.70. The van der Waals surface area contributed by atoms with Crippen molar-refractivity contribution in [1.82, 2.24) is 0 Å². The van der Waals surface area contributed by atoms with Crippen LogP contribution in [0.5, 0.6) is 0 Å². The molecule has 1 aromatic rings. The third-order valence-electron chi connectivity index (χ3n) is 3.48. The normalized spacial score (nSPS) is 14.6. The first kappa shape index (κ1) is 13.4. The van der Waals surface area contributed by atoms with Gasteiger partial charge in [0.2, 0.25) is 5.91 Å². The Morgan fingerprint density at radius 2 is 2.11 bits per heavy atom. The highest BCUT2D eigenvalue weighted by Crippen LogP contribution is 2.33. The topological polar surface area (TPSA) is 47.3 Å². The molecule has 0 N–H and O–H groups in total. The first-order valence-electron chi connectivity index (χ1n) is 6.58. The van der Waals surface area contributed by atoms with Crippen molar-refractivity contribution in [1.29, 1.82) is 5.26 Å². The molecule has 0 aromatic heterocycles. The minimum atomic E-state index is 0.0753. The number of likely N-dealkylation sites (N-methyl/N-ethyl adjacent to an activating group) is 1. The van der Waals surface area contributed by atoms with Gasteiger partial charge in [-0.2, -0.15) is 5.26 Å². The van der Waals surface area contributed by atoms with E-state index in [4.69, 9.17) is 5.26 Å². The molecule has 4 heteroatoms. The molecule has 0 atom stereocenters. The summed E-state index contributed by atoms with van der Waals surface area (Å²) >= 11 is 0. The molecule has 0 aliphatic carbocycles. The van der Waals surface area contributed by atoms with E-state index >= 15 is 0 Å². The summed E-state index contributed by atoms with van der Waals surface area (Å²) in [7, 11) is 1.77. The molecule has 0 saturated heterocycles. The van der Waals surface area contributed by atoms with E-state index in [0.717, 1.165) is 24.3 Å². The fourth-order valence-electron chi connectivity index (χ4n) is 2.23. The van der Waals surface area contributed by atoms with Crippen LogP contribution in [0.3, 0.4) is 0 Å². The molecule has 100 valence electrons. The van der Waals surface area contributed by atoms with E-state index in [1.54, 1.807) is 18.0 Å². The molecular formula is C15H19N3O. The van der Waals surface area contributed by atoms with Crippen LogP contribution in [0.2, 0.25) is 0 Å². The number of carbonyl (C=O) groups excluding carboxylic acids is 1. The number of nitrogens with zero attached hydrogens (tertiary/aromatic N) is 3. The third-order valence-corrected chi connectivity index (χ3v) is 3.48.